The second kappa shape index (κ2) is 6.49. The van der Waals surface area contributed by atoms with Crippen molar-refractivity contribution in [3.8, 4) is 0 Å². The van der Waals surface area contributed by atoms with Gasteiger partial charge in [0.2, 0.25) is 0 Å². The fraction of sp³-hybridized carbons (Fsp3) is 0.250. The smallest absolute Gasteiger partial charge is 0.131 e. The van der Waals surface area contributed by atoms with E-state index in [4.69, 9.17) is 9.72 Å². The fourth-order valence-electron chi connectivity index (χ4n) is 3.14. The normalized spacial score (nSPS) is 14.8. The van der Waals surface area contributed by atoms with Crippen molar-refractivity contribution in [3.05, 3.63) is 60.2 Å². The van der Waals surface area contributed by atoms with E-state index in [1.165, 1.54) is 16.6 Å². The number of anilines is 3. The summed E-state index contributed by atoms with van der Waals surface area (Å²) in [5.41, 5.74) is 4.54. The average molecular weight is 319 g/mol. The molecule has 0 unspecified atom stereocenters. The molecule has 0 bridgehead atoms. The van der Waals surface area contributed by atoms with Crippen molar-refractivity contribution in [1.82, 2.24) is 4.98 Å². The predicted octanol–water partition coefficient (Wildman–Crippen LogP) is 4.12. The van der Waals surface area contributed by atoms with Crippen LogP contribution in [0.2, 0.25) is 0 Å². The Hall–Kier alpha value is -2.59. The number of hydrogen-bond acceptors (Lipinski definition) is 4. The number of rotatable bonds is 3. The molecule has 0 spiro atoms. The Morgan fingerprint density at radius 1 is 1.00 bits per heavy atom. The summed E-state index contributed by atoms with van der Waals surface area (Å²) in [7, 11) is 0. The lowest BCUT2D eigenvalue weighted by atomic mass is 10.1. The van der Waals surface area contributed by atoms with E-state index in [2.05, 4.69) is 65.7 Å². The maximum Gasteiger partial charge on any atom is 0.131 e. The minimum absolute atomic E-state index is 0.806. The molecule has 1 N–H and O–H groups in total. The van der Waals surface area contributed by atoms with Crippen molar-refractivity contribution in [2.45, 2.75) is 6.92 Å². The lowest BCUT2D eigenvalue weighted by molar-refractivity contribution is 0.122. The Morgan fingerprint density at radius 2 is 1.75 bits per heavy atom. The SMILES string of the molecule is Cc1cc(Nc2ccc(N3CCOCC3)cc2)nc2ccccc12. The summed E-state index contributed by atoms with van der Waals surface area (Å²) in [5, 5.41) is 4.61. The third kappa shape index (κ3) is 3.05. The number of aromatic nitrogens is 1. The van der Waals surface area contributed by atoms with E-state index >= 15 is 0 Å². The van der Waals surface area contributed by atoms with Gasteiger partial charge >= 0.3 is 0 Å². The molecule has 1 aliphatic rings. The van der Waals surface area contributed by atoms with Crippen LogP contribution in [-0.4, -0.2) is 31.3 Å². The number of para-hydroxylation sites is 1. The van der Waals surface area contributed by atoms with E-state index < -0.39 is 0 Å². The Bertz CT molecular complexity index is 839. The lowest BCUT2D eigenvalue weighted by Gasteiger charge is -2.28. The molecular formula is C20H21N3O. The topological polar surface area (TPSA) is 37.4 Å². The Labute approximate surface area is 142 Å². The molecule has 24 heavy (non-hydrogen) atoms. The van der Waals surface area contributed by atoms with Gasteiger partial charge < -0.3 is 15.0 Å². The van der Waals surface area contributed by atoms with Crippen LogP contribution >= 0.6 is 0 Å². The number of benzene rings is 2. The maximum atomic E-state index is 5.41. The molecule has 2 aromatic carbocycles. The number of hydrogen-bond donors (Lipinski definition) is 1. The van der Waals surface area contributed by atoms with Gasteiger partial charge in [0, 0.05) is 29.9 Å². The van der Waals surface area contributed by atoms with Crippen LogP contribution in [0.1, 0.15) is 5.56 Å². The first-order chi connectivity index (χ1) is 11.8. The standard InChI is InChI=1S/C20H21N3O/c1-15-14-20(22-19-5-3-2-4-18(15)19)21-16-6-8-17(9-7-16)23-10-12-24-13-11-23/h2-9,14H,10-13H2,1H3,(H,21,22). The average Bonchev–Trinajstić information content (AvgIpc) is 2.63. The molecular weight excluding hydrogens is 298 g/mol. The van der Waals surface area contributed by atoms with Crippen LogP contribution in [0.5, 0.6) is 0 Å². The largest absolute Gasteiger partial charge is 0.378 e. The number of pyridine rings is 1. The highest BCUT2D eigenvalue weighted by atomic mass is 16.5. The maximum absolute atomic E-state index is 5.41. The van der Waals surface area contributed by atoms with Gasteiger partial charge in [0.25, 0.3) is 0 Å². The van der Waals surface area contributed by atoms with Gasteiger partial charge in [-0.1, -0.05) is 18.2 Å². The first kappa shape index (κ1) is 15.0. The highest BCUT2D eigenvalue weighted by Crippen LogP contribution is 2.24. The Morgan fingerprint density at radius 3 is 2.54 bits per heavy atom. The van der Waals surface area contributed by atoms with Crippen LogP contribution < -0.4 is 10.2 Å². The lowest BCUT2D eigenvalue weighted by Crippen LogP contribution is -2.36. The van der Waals surface area contributed by atoms with Crippen LogP contribution in [0.15, 0.2) is 54.6 Å². The minimum Gasteiger partial charge on any atom is -0.378 e. The summed E-state index contributed by atoms with van der Waals surface area (Å²) < 4.78 is 5.41. The van der Waals surface area contributed by atoms with Gasteiger partial charge in [-0.2, -0.15) is 0 Å². The van der Waals surface area contributed by atoms with E-state index in [0.717, 1.165) is 43.3 Å². The van der Waals surface area contributed by atoms with E-state index in [9.17, 15) is 0 Å². The van der Waals surface area contributed by atoms with Crippen molar-refractivity contribution < 1.29 is 4.74 Å². The van der Waals surface area contributed by atoms with Crippen molar-refractivity contribution in [1.29, 1.82) is 0 Å². The zero-order valence-electron chi connectivity index (χ0n) is 13.8. The Kier molecular flexibility index (Phi) is 4.05. The first-order valence-electron chi connectivity index (χ1n) is 8.36. The molecule has 122 valence electrons. The van der Waals surface area contributed by atoms with Crippen LogP contribution in [0.3, 0.4) is 0 Å². The predicted molar refractivity (Wildman–Crippen MR) is 99.2 cm³/mol. The van der Waals surface area contributed by atoms with Crippen molar-refractivity contribution in [2.75, 3.05) is 36.5 Å². The van der Waals surface area contributed by atoms with Gasteiger partial charge in [0.1, 0.15) is 5.82 Å². The minimum atomic E-state index is 0.806. The molecule has 4 heteroatoms. The molecule has 0 atom stereocenters. The molecule has 0 radical (unpaired) electrons. The van der Waals surface area contributed by atoms with Crippen LogP contribution in [-0.2, 0) is 4.74 Å². The van der Waals surface area contributed by atoms with Crippen LogP contribution in [0, 0.1) is 6.92 Å². The van der Waals surface area contributed by atoms with Gasteiger partial charge in [-0.3, -0.25) is 0 Å². The summed E-state index contributed by atoms with van der Waals surface area (Å²) in [5.74, 6) is 0.880. The monoisotopic (exact) mass is 319 g/mol. The highest BCUT2D eigenvalue weighted by Gasteiger charge is 2.11. The van der Waals surface area contributed by atoms with Gasteiger partial charge in [-0.25, -0.2) is 4.98 Å². The zero-order chi connectivity index (χ0) is 16.4. The van der Waals surface area contributed by atoms with Gasteiger partial charge in [0.15, 0.2) is 0 Å². The Balaban J connectivity index is 1.54. The molecule has 0 saturated carbocycles. The van der Waals surface area contributed by atoms with Gasteiger partial charge in [-0.15, -0.1) is 0 Å². The summed E-state index contributed by atoms with van der Waals surface area (Å²) in [6.07, 6.45) is 0. The number of morpholine rings is 1. The van der Waals surface area contributed by atoms with E-state index in [1.807, 2.05) is 6.07 Å². The van der Waals surface area contributed by atoms with Gasteiger partial charge in [0.05, 0.1) is 18.7 Å². The third-order valence-corrected chi connectivity index (χ3v) is 4.44. The fourth-order valence-corrected chi connectivity index (χ4v) is 3.14. The number of nitrogens with zero attached hydrogens (tertiary/aromatic N) is 2. The molecule has 1 fully saturated rings. The van der Waals surface area contributed by atoms with Crippen molar-refractivity contribution in [2.24, 2.45) is 0 Å². The highest BCUT2D eigenvalue weighted by molar-refractivity contribution is 5.84. The van der Waals surface area contributed by atoms with Crippen molar-refractivity contribution in [3.63, 3.8) is 0 Å². The summed E-state index contributed by atoms with van der Waals surface area (Å²) in [6.45, 7) is 5.65. The molecule has 2 heterocycles. The number of aryl methyl sites for hydroxylation is 1. The second-order valence-electron chi connectivity index (χ2n) is 6.11. The van der Waals surface area contributed by atoms with E-state index in [-0.39, 0.29) is 0 Å². The van der Waals surface area contributed by atoms with E-state index in [1.54, 1.807) is 0 Å². The van der Waals surface area contributed by atoms with E-state index in [0.29, 0.717) is 0 Å². The van der Waals surface area contributed by atoms with Crippen LogP contribution in [0.4, 0.5) is 17.2 Å². The van der Waals surface area contributed by atoms with Crippen molar-refractivity contribution >= 4 is 28.1 Å². The molecule has 0 amide bonds. The summed E-state index contributed by atoms with van der Waals surface area (Å²) in [6, 6.07) is 18.9. The zero-order valence-corrected chi connectivity index (χ0v) is 13.8. The molecule has 4 nitrogen and oxygen atoms in total. The molecule has 0 aliphatic carbocycles. The summed E-state index contributed by atoms with van der Waals surface area (Å²) >= 11 is 0. The molecule has 1 aromatic heterocycles. The van der Waals surface area contributed by atoms with Gasteiger partial charge in [-0.05, 0) is 48.9 Å². The third-order valence-electron chi connectivity index (χ3n) is 4.44. The molecule has 1 saturated heterocycles. The molecule has 4 rings (SSSR count). The molecule has 3 aromatic rings. The number of nitrogens with one attached hydrogen (secondary N) is 1. The summed E-state index contributed by atoms with van der Waals surface area (Å²) in [4.78, 5) is 7.06. The van der Waals surface area contributed by atoms with Crippen LogP contribution in [0.25, 0.3) is 10.9 Å². The second-order valence-corrected chi connectivity index (χ2v) is 6.11. The molecule has 1 aliphatic heterocycles. The number of ether oxygens (including phenoxy) is 1. The quantitative estimate of drug-likeness (QED) is 0.788. The first-order valence-corrected chi connectivity index (χ1v) is 8.36. The number of fused-ring (bicyclic) bond motifs is 1.